The molecule has 404 valence electrons. The topological polar surface area (TPSA) is 460 Å². The summed E-state index contributed by atoms with van der Waals surface area (Å²) >= 11 is 0. The summed E-state index contributed by atoms with van der Waals surface area (Å²) in [5.74, 6) is -8.81. The zero-order valence-electron chi connectivity index (χ0n) is 42.1. The zero-order valence-corrected chi connectivity index (χ0v) is 42.1. The smallest absolute Gasteiger partial charge is 0.326 e. The van der Waals surface area contributed by atoms with E-state index in [0.29, 0.717) is 12.1 Å². The van der Waals surface area contributed by atoms with Gasteiger partial charge in [0.25, 0.3) is 0 Å². The van der Waals surface area contributed by atoms with Crippen molar-refractivity contribution in [3.8, 4) is 0 Å². The Morgan fingerprint density at radius 2 is 1.24 bits per heavy atom. The average molecular weight is 1020 g/mol. The molecule has 2 rings (SSSR count). The van der Waals surface area contributed by atoms with Gasteiger partial charge < -0.3 is 85.1 Å². The van der Waals surface area contributed by atoms with Crippen molar-refractivity contribution in [2.75, 3.05) is 19.6 Å². The van der Waals surface area contributed by atoms with Gasteiger partial charge in [0.2, 0.25) is 47.3 Å². The molecule has 0 aliphatic carbocycles. The van der Waals surface area contributed by atoms with Crippen molar-refractivity contribution in [1.82, 2.24) is 62.7 Å². The molecule has 0 spiro atoms. The van der Waals surface area contributed by atoms with Crippen LogP contribution in [0.25, 0.3) is 0 Å². The molecule has 28 heteroatoms. The Morgan fingerprint density at radius 1 is 0.722 bits per heavy atom. The van der Waals surface area contributed by atoms with E-state index in [-0.39, 0.29) is 82.4 Å². The van der Waals surface area contributed by atoms with Gasteiger partial charge in [0.1, 0.15) is 54.4 Å². The van der Waals surface area contributed by atoms with Gasteiger partial charge in [-0.2, -0.15) is 0 Å². The van der Waals surface area contributed by atoms with Crippen LogP contribution >= 0.6 is 0 Å². The number of carbonyl (C=O) groups excluding carboxylic acids is 8. The molecule has 0 bridgehead atoms. The molecular weight excluding hydrogens is 943 g/mol. The van der Waals surface area contributed by atoms with Crippen LogP contribution in [-0.4, -0.2) is 170 Å². The van der Waals surface area contributed by atoms with Crippen molar-refractivity contribution in [3.63, 3.8) is 0 Å². The number of likely N-dealkylation sites (tertiary alicyclic amines) is 1. The molecule has 0 aromatic carbocycles. The number of amides is 8. The van der Waals surface area contributed by atoms with Crippen LogP contribution in [0.3, 0.4) is 0 Å². The summed E-state index contributed by atoms with van der Waals surface area (Å²) in [5, 5.41) is 57.5. The summed E-state index contributed by atoms with van der Waals surface area (Å²) in [5.41, 5.74) is 16.9. The highest BCUT2D eigenvalue weighted by molar-refractivity contribution is 5.98. The number of aromatic nitrogens is 2. The van der Waals surface area contributed by atoms with Crippen LogP contribution in [0.15, 0.2) is 12.5 Å². The molecule has 28 nitrogen and oxygen atoms in total. The fraction of sp³-hybridized carbons (Fsp3) is 0.682. The maximum Gasteiger partial charge on any atom is 0.326 e. The number of hydrogen-bond donors (Lipinski definition) is 17. The van der Waals surface area contributed by atoms with Gasteiger partial charge in [-0.3, -0.25) is 49.2 Å². The standard InChI is InChI=1S/C44H77N17O11/c1-21(2)17-29(37(66)54-23(5)35(64)57-28(42(71)72)12-9-15-52-44(48)49)58-38(67)30(18-26-19-50-20-53-26)59-40(69)33(22(3)4)60-36(65)27(11-8-14-51-43(46)47)56-34(63)24(6)55-39(68)31-13-10-16-61(31)41(70)32(45)25(7)62/h19-25,27-33,62H,8-18,45H2,1-7H3,(H,50,53)(H,54,66)(H,55,68)(H,56,63)(H,57,64)(H,58,67)(H,59,69)(H,60,65)(H,71,72)(H4,46,47,51)(H4,48,49,52)/t23-,24-,25+,27-,28-,29-,30-,31-,32-,33-/m0/s1. The van der Waals surface area contributed by atoms with E-state index in [4.69, 9.17) is 28.0 Å². The van der Waals surface area contributed by atoms with Crippen molar-refractivity contribution in [3.05, 3.63) is 18.2 Å². The van der Waals surface area contributed by atoms with E-state index in [0.717, 1.165) is 0 Å². The first-order chi connectivity index (χ1) is 33.7. The number of rotatable bonds is 30. The summed E-state index contributed by atoms with van der Waals surface area (Å²) in [6.45, 7) is 11.4. The average Bonchev–Trinajstić information content (AvgIpc) is 4.01. The highest BCUT2D eigenvalue weighted by Gasteiger charge is 2.39. The van der Waals surface area contributed by atoms with Crippen molar-refractivity contribution in [1.29, 1.82) is 10.8 Å². The van der Waals surface area contributed by atoms with Crippen molar-refractivity contribution < 1.29 is 53.4 Å². The van der Waals surface area contributed by atoms with E-state index in [1.54, 1.807) is 27.7 Å². The molecule has 0 radical (unpaired) electrons. The van der Waals surface area contributed by atoms with E-state index in [2.05, 4.69) is 57.8 Å². The zero-order chi connectivity index (χ0) is 54.4. The molecular formula is C44H77N17O11. The second-order valence-electron chi connectivity index (χ2n) is 18.6. The molecule has 8 amide bonds. The van der Waals surface area contributed by atoms with Gasteiger partial charge in [-0.1, -0.05) is 27.7 Å². The number of guanidine groups is 2. The van der Waals surface area contributed by atoms with E-state index >= 15 is 0 Å². The lowest BCUT2D eigenvalue weighted by atomic mass is 10.00. The molecule has 0 saturated carbocycles. The summed E-state index contributed by atoms with van der Waals surface area (Å²) in [4.78, 5) is 129. The molecule has 1 aliphatic heterocycles. The monoisotopic (exact) mass is 1020 g/mol. The van der Waals surface area contributed by atoms with E-state index < -0.39 is 120 Å². The highest BCUT2D eigenvalue weighted by atomic mass is 16.4. The lowest BCUT2D eigenvalue weighted by Gasteiger charge is -2.29. The van der Waals surface area contributed by atoms with E-state index in [1.807, 2.05) is 0 Å². The Balaban J connectivity index is 2.28. The molecule has 1 aliphatic rings. The number of carboxylic acid groups (broad SMARTS) is 1. The molecule has 1 aromatic rings. The number of aliphatic hydroxyl groups is 1. The third kappa shape index (κ3) is 20.7. The minimum atomic E-state index is -1.39. The Morgan fingerprint density at radius 3 is 1.75 bits per heavy atom. The number of nitrogens with one attached hydrogen (secondary N) is 12. The Labute approximate surface area is 418 Å². The number of aliphatic hydroxyl groups excluding tert-OH is 1. The maximum absolute atomic E-state index is 14.2. The van der Waals surface area contributed by atoms with Crippen LogP contribution in [0.1, 0.15) is 99.1 Å². The Kier molecular flexibility index (Phi) is 25.4. The summed E-state index contributed by atoms with van der Waals surface area (Å²) in [6, 6.07) is -11.3. The summed E-state index contributed by atoms with van der Waals surface area (Å²) in [7, 11) is 0. The minimum Gasteiger partial charge on any atom is -0.480 e. The van der Waals surface area contributed by atoms with Crippen LogP contribution in [-0.2, 0) is 49.6 Å². The van der Waals surface area contributed by atoms with Crippen molar-refractivity contribution in [2.24, 2.45) is 29.0 Å². The first-order valence-electron chi connectivity index (χ1n) is 24.0. The number of H-pyrrole nitrogens is 1. The van der Waals surface area contributed by atoms with Gasteiger partial charge in [-0.15, -0.1) is 0 Å². The first kappa shape index (κ1) is 61.0. The summed E-state index contributed by atoms with van der Waals surface area (Å²) in [6.07, 6.45) is 2.75. The number of carboxylic acids is 1. The third-order valence-electron chi connectivity index (χ3n) is 11.6. The molecule has 20 N–H and O–H groups in total. The Hall–Kier alpha value is -7.10. The number of nitrogens with two attached hydrogens (primary N) is 3. The molecule has 1 fully saturated rings. The molecule has 10 atom stereocenters. The van der Waals surface area contributed by atoms with Gasteiger partial charge in [0.15, 0.2) is 11.9 Å². The largest absolute Gasteiger partial charge is 0.480 e. The van der Waals surface area contributed by atoms with Crippen molar-refractivity contribution >= 4 is 65.1 Å². The minimum absolute atomic E-state index is 0.00861. The number of aliphatic carboxylic acids is 1. The normalized spacial score (nSPS) is 17.0. The van der Waals surface area contributed by atoms with E-state index in [1.165, 1.54) is 38.2 Å². The van der Waals surface area contributed by atoms with Gasteiger partial charge in [-0.05, 0) is 77.6 Å². The van der Waals surface area contributed by atoms with Crippen LogP contribution < -0.4 is 65.1 Å². The number of nitrogens with zero attached hydrogens (tertiary/aromatic N) is 2. The quantitative estimate of drug-likeness (QED) is 0.0196. The number of aromatic amines is 1. The second kappa shape index (κ2) is 29.9. The summed E-state index contributed by atoms with van der Waals surface area (Å²) < 4.78 is 0. The van der Waals surface area contributed by atoms with Crippen molar-refractivity contribution in [2.45, 2.75) is 160 Å². The number of hydrogen-bond acceptors (Lipinski definition) is 14. The third-order valence-corrected chi connectivity index (χ3v) is 11.6. The lowest BCUT2D eigenvalue weighted by molar-refractivity contribution is -0.142. The fourth-order valence-corrected chi connectivity index (χ4v) is 7.48. The van der Waals surface area contributed by atoms with Gasteiger partial charge in [0, 0.05) is 32.3 Å². The number of imidazole rings is 1. The predicted octanol–water partition coefficient (Wildman–Crippen LogP) is -4.60. The molecule has 0 unspecified atom stereocenters. The molecule has 1 saturated heterocycles. The molecule has 2 heterocycles. The van der Waals surface area contributed by atoms with Crippen LogP contribution in [0, 0.1) is 22.7 Å². The SMILES string of the molecule is CC(C)C[C@H](NC(=O)[C@H](Cc1c[nH]cn1)NC(=O)[C@@H](NC(=O)[C@H](CCCNC(=N)N)NC(=O)[C@H](C)NC(=O)[C@@H]1CCCN1C(=O)[C@@H](N)[C@@H](C)O)C(C)C)C(=O)N[C@@H](C)C(=O)N[C@@H](CCCNC(=N)N)C(=O)O. The first-order valence-corrected chi connectivity index (χ1v) is 24.0. The fourth-order valence-electron chi connectivity index (χ4n) is 7.48. The lowest BCUT2D eigenvalue weighted by Crippen LogP contribution is -2.61. The maximum atomic E-state index is 14.2. The van der Waals surface area contributed by atoms with Gasteiger partial charge in [-0.25, -0.2) is 9.78 Å². The van der Waals surface area contributed by atoms with Gasteiger partial charge >= 0.3 is 5.97 Å². The second-order valence-corrected chi connectivity index (χ2v) is 18.6. The van der Waals surface area contributed by atoms with Crippen LogP contribution in [0.4, 0.5) is 0 Å². The van der Waals surface area contributed by atoms with E-state index in [9.17, 15) is 53.4 Å². The Bertz CT molecular complexity index is 2040. The van der Waals surface area contributed by atoms with Crippen LogP contribution in [0.5, 0.6) is 0 Å². The molecule has 72 heavy (non-hydrogen) atoms. The van der Waals surface area contributed by atoms with Gasteiger partial charge in [0.05, 0.1) is 18.1 Å². The van der Waals surface area contributed by atoms with Crippen LogP contribution in [0.2, 0.25) is 0 Å². The molecule has 1 aromatic heterocycles. The number of carbonyl (C=O) groups is 9. The highest BCUT2D eigenvalue weighted by Crippen LogP contribution is 2.19. The predicted molar refractivity (Wildman–Crippen MR) is 262 cm³/mol.